The van der Waals surface area contributed by atoms with Crippen LogP contribution in [0.4, 0.5) is 0 Å². The molecule has 1 aliphatic carbocycles. The molecule has 1 amide bonds. The van der Waals surface area contributed by atoms with Gasteiger partial charge in [-0.2, -0.15) is 0 Å². The van der Waals surface area contributed by atoms with E-state index < -0.39 is 0 Å². The minimum atomic E-state index is 0.106. The molecule has 76 valence electrons. The average Bonchev–Trinajstić information content (AvgIpc) is 1.78. The lowest BCUT2D eigenvalue weighted by Crippen LogP contribution is -2.42. The van der Waals surface area contributed by atoms with Gasteiger partial charge < -0.3 is 5.32 Å². The van der Waals surface area contributed by atoms with E-state index in [1.165, 1.54) is 6.42 Å². The van der Waals surface area contributed by atoms with Gasteiger partial charge in [0.25, 0.3) is 0 Å². The molecule has 0 radical (unpaired) electrons. The van der Waals surface area contributed by atoms with Crippen molar-refractivity contribution in [3.8, 4) is 0 Å². The first-order valence-corrected chi connectivity index (χ1v) is 5.16. The van der Waals surface area contributed by atoms with Gasteiger partial charge >= 0.3 is 0 Å². The third kappa shape index (κ3) is 3.37. The molecule has 1 N–H and O–H groups in total. The van der Waals surface area contributed by atoms with Crippen LogP contribution in [0.1, 0.15) is 47.0 Å². The summed E-state index contributed by atoms with van der Waals surface area (Å²) >= 11 is 0. The quantitative estimate of drug-likeness (QED) is 0.664. The van der Waals surface area contributed by atoms with Gasteiger partial charge in [0.1, 0.15) is 0 Å². The van der Waals surface area contributed by atoms with Crippen LogP contribution in [0.3, 0.4) is 0 Å². The third-order valence-electron chi connectivity index (χ3n) is 2.79. The normalized spacial score (nSPS) is 32.6. The Balaban J connectivity index is 2.52. The Morgan fingerprint density at radius 3 is 2.46 bits per heavy atom. The first kappa shape index (κ1) is 10.6. The molecule has 0 aromatic carbocycles. The van der Waals surface area contributed by atoms with Gasteiger partial charge in [-0.05, 0) is 30.6 Å². The van der Waals surface area contributed by atoms with Crippen LogP contribution in [0, 0.1) is 11.3 Å². The SMILES string of the molecule is CC(=O)N[C@@H]1C[C@@H](C)CC(C)(C)C1. The standard InChI is InChI=1S/C11H21NO/c1-8-5-10(12-9(2)13)7-11(3,4)6-8/h8,10H,5-7H2,1-4H3,(H,12,13)/t8-,10-/m1/s1. The Labute approximate surface area is 81.1 Å². The van der Waals surface area contributed by atoms with Crippen LogP contribution >= 0.6 is 0 Å². The molecular weight excluding hydrogens is 162 g/mol. The lowest BCUT2D eigenvalue weighted by molar-refractivity contribution is -0.120. The minimum Gasteiger partial charge on any atom is -0.354 e. The zero-order chi connectivity index (χ0) is 10.1. The molecule has 1 rings (SSSR count). The molecule has 0 aromatic rings. The molecule has 0 heterocycles. The largest absolute Gasteiger partial charge is 0.354 e. The monoisotopic (exact) mass is 183 g/mol. The first-order chi connectivity index (χ1) is 5.89. The summed E-state index contributed by atoms with van der Waals surface area (Å²) in [4.78, 5) is 10.9. The Bertz CT molecular complexity index is 198. The van der Waals surface area contributed by atoms with Crippen molar-refractivity contribution in [2.75, 3.05) is 0 Å². The molecule has 0 unspecified atom stereocenters. The van der Waals surface area contributed by atoms with Gasteiger partial charge in [0.2, 0.25) is 5.91 Å². The smallest absolute Gasteiger partial charge is 0.217 e. The van der Waals surface area contributed by atoms with Crippen LogP contribution in [0.2, 0.25) is 0 Å². The predicted octanol–water partition coefficient (Wildman–Crippen LogP) is 2.34. The lowest BCUT2D eigenvalue weighted by atomic mass is 9.70. The van der Waals surface area contributed by atoms with Crippen LogP contribution in [0.5, 0.6) is 0 Å². The molecule has 0 aliphatic heterocycles. The molecule has 0 aromatic heterocycles. The van der Waals surface area contributed by atoms with Crippen molar-refractivity contribution in [1.29, 1.82) is 0 Å². The maximum atomic E-state index is 10.9. The molecular formula is C11H21NO. The number of carbonyl (C=O) groups excluding carboxylic acids is 1. The van der Waals surface area contributed by atoms with E-state index in [9.17, 15) is 4.79 Å². The van der Waals surface area contributed by atoms with Gasteiger partial charge in [-0.3, -0.25) is 4.79 Å². The Hall–Kier alpha value is -0.530. The molecule has 13 heavy (non-hydrogen) atoms. The van der Waals surface area contributed by atoms with Crippen molar-refractivity contribution in [2.24, 2.45) is 11.3 Å². The summed E-state index contributed by atoms with van der Waals surface area (Å²) in [6.07, 6.45) is 3.54. The second kappa shape index (κ2) is 3.69. The summed E-state index contributed by atoms with van der Waals surface area (Å²) in [6, 6.07) is 0.399. The van der Waals surface area contributed by atoms with Crippen molar-refractivity contribution in [3.63, 3.8) is 0 Å². The number of carbonyl (C=O) groups is 1. The van der Waals surface area contributed by atoms with E-state index in [1.54, 1.807) is 6.92 Å². The van der Waals surface area contributed by atoms with Gasteiger partial charge in [0, 0.05) is 13.0 Å². The molecule has 0 spiro atoms. The summed E-state index contributed by atoms with van der Waals surface area (Å²) in [7, 11) is 0. The minimum absolute atomic E-state index is 0.106. The molecule has 0 bridgehead atoms. The molecule has 2 atom stereocenters. The van der Waals surface area contributed by atoms with Crippen LogP contribution in [-0.2, 0) is 4.79 Å². The van der Waals surface area contributed by atoms with Crippen LogP contribution < -0.4 is 5.32 Å². The van der Waals surface area contributed by atoms with E-state index in [-0.39, 0.29) is 5.91 Å². The van der Waals surface area contributed by atoms with E-state index >= 15 is 0 Å². The third-order valence-corrected chi connectivity index (χ3v) is 2.79. The molecule has 2 heteroatoms. The second-order valence-electron chi connectivity index (χ2n) is 5.31. The van der Waals surface area contributed by atoms with E-state index in [4.69, 9.17) is 0 Å². The number of nitrogens with one attached hydrogen (secondary N) is 1. The van der Waals surface area contributed by atoms with E-state index in [2.05, 4.69) is 26.1 Å². The van der Waals surface area contributed by atoms with Gasteiger partial charge in [-0.1, -0.05) is 20.8 Å². The summed E-state index contributed by atoms with van der Waals surface area (Å²) < 4.78 is 0. The fraction of sp³-hybridized carbons (Fsp3) is 0.909. The van der Waals surface area contributed by atoms with Crippen molar-refractivity contribution in [2.45, 2.75) is 53.0 Å². The van der Waals surface area contributed by atoms with Crippen LogP contribution in [0.25, 0.3) is 0 Å². The fourth-order valence-corrected chi connectivity index (χ4v) is 2.74. The molecule has 1 aliphatic rings. The summed E-state index contributed by atoms with van der Waals surface area (Å²) in [5.41, 5.74) is 0.394. The number of amides is 1. The number of rotatable bonds is 1. The zero-order valence-electron chi connectivity index (χ0n) is 9.18. The zero-order valence-corrected chi connectivity index (χ0v) is 9.18. The van der Waals surface area contributed by atoms with Gasteiger partial charge in [0.05, 0.1) is 0 Å². The van der Waals surface area contributed by atoms with Crippen LogP contribution in [0.15, 0.2) is 0 Å². The van der Waals surface area contributed by atoms with Crippen LogP contribution in [-0.4, -0.2) is 11.9 Å². The number of hydrogen-bond acceptors (Lipinski definition) is 1. The van der Waals surface area contributed by atoms with E-state index in [0.717, 1.165) is 18.8 Å². The maximum absolute atomic E-state index is 10.9. The Morgan fingerprint density at radius 2 is 2.00 bits per heavy atom. The second-order valence-corrected chi connectivity index (χ2v) is 5.31. The highest BCUT2D eigenvalue weighted by Gasteiger charge is 2.32. The fourth-order valence-electron chi connectivity index (χ4n) is 2.74. The topological polar surface area (TPSA) is 29.1 Å². The van der Waals surface area contributed by atoms with E-state index in [1.807, 2.05) is 0 Å². The molecule has 0 saturated heterocycles. The average molecular weight is 183 g/mol. The van der Waals surface area contributed by atoms with Gasteiger partial charge in [-0.15, -0.1) is 0 Å². The Morgan fingerprint density at radius 1 is 1.38 bits per heavy atom. The van der Waals surface area contributed by atoms with E-state index in [0.29, 0.717) is 11.5 Å². The summed E-state index contributed by atoms with van der Waals surface area (Å²) in [5, 5.41) is 3.03. The van der Waals surface area contributed by atoms with Crippen molar-refractivity contribution in [1.82, 2.24) is 5.32 Å². The molecule has 1 fully saturated rings. The van der Waals surface area contributed by atoms with Crippen molar-refractivity contribution >= 4 is 5.91 Å². The van der Waals surface area contributed by atoms with Crippen molar-refractivity contribution in [3.05, 3.63) is 0 Å². The highest BCUT2D eigenvalue weighted by molar-refractivity contribution is 5.73. The highest BCUT2D eigenvalue weighted by atomic mass is 16.1. The van der Waals surface area contributed by atoms with Gasteiger partial charge in [-0.25, -0.2) is 0 Å². The summed E-state index contributed by atoms with van der Waals surface area (Å²) in [6.45, 7) is 8.46. The predicted molar refractivity (Wildman–Crippen MR) is 54.4 cm³/mol. The lowest BCUT2D eigenvalue weighted by Gasteiger charge is -2.39. The first-order valence-electron chi connectivity index (χ1n) is 5.16. The van der Waals surface area contributed by atoms with Crippen molar-refractivity contribution < 1.29 is 4.79 Å². The maximum Gasteiger partial charge on any atom is 0.217 e. The summed E-state index contributed by atoms with van der Waals surface area (Å²) in [5.74, 6) is 0.843. The molecule has 2 nitrogen and oxygen atoms in total. The molecule has 1 saturated carbocycles. The van der Waals surface area contributed by atoms with Gasteiger partial charge in [0.15, 0.2) is 0 Å². The number of hydrogen-bond donors (Lipinski definition) is 1. The highest BCUT2D eigenvalue weighted by Crippen LogP contribution is 2.38. The Kier molecular flexibility index (Phi) is 2.99.